The second-order valence-corrected chi connectivity index (χ2v) is 6.91. The van der Waals surface area contributed by atoms with Crippen molar-refractivity contribution in [2.24, 2.45) is 0 Å². The van der Waals surface area contributed by atoms with Crippen LogP contribution in [-0.4, -0.2) is 47.5 Å². The first kappa shape index (κ1) is 19.9. The van der Waals surface area contributed by atoms with Gasteiger partial charge in [-0.25, -0.2) is 4.39 Å². The highest BCUT2D eigenvalue weighted by atomic mass is 19.1. The van der Waals surface area contributed by atoms with Gasteiger partial charge in [-0.1, -0.05) is 12.1 Å². The van der Waals surface area contributed by atoms with Gasteiger partial charge in [-0.05, 0) is 42.7 Å². The third kappa shape index (κ3) is 5.36. The molecule has 28 heavy (non-hydrogen) atoms. The van der Waals surface area contributed by atoms with Gasteiger partial charge in [0.15, 0.2) is 0 Å². The van der Waals surface area contributed by atoms with Gasteiger partial charge in [0.25, 0.3) is 0 Å². The van der Waals surface area contributed by atoms with E-state index >= 15 is 0 Å². The van der Waals surface area contributed by atoms with Crippen LogP contribution in [0.15, 0.2) is 42.7 Å². The lowest BCUT2D eigenvalue weighted by atomic mass is 10.1. The maximum Gasteiger partial charge on any atom is 0.226 e. The molecule has 2 amide bonds. The van der Waals surface area contributed by atoms with Gasteiger partial charge in [0, 0.05) is 31.8 Å². The summed E-state index contributed by atoms with van der Waals surface area (Å²) >= 11 is 0. The van der Waals surface area contributed by atoms with E-state index in [1.54, 1.807) is 29.4 Å². The van der Waals surface area contributed by atoms with Gasteiger partial charge in [0.1, 0.15) is 5.82 Å². The van der Waals surface area contributed by atoms with Crippen LogP contribution in [0.4, 0.5) is 10.1 Å². The zero-order chi connectivity index (χ0) is 19.9. The molecule has 2 aromatic rings. The molecule has 1 aliphatic rings. The van der Waals surface area contributed by atoms with Gasteiger partial charge < -0.3 is 15.0 Å². The lowest BCUT2D eigenvalue weighted by Gasteiger charge is -2.35. The van der Waals surface area contributed by atoms with Gasteiger partial charge in [0.2, 0.25) is 11.8 Å². The summed E-state index contributed by atoms with van der Waals surface area (Å²) in [7, 11) is 0. The molecule has 1 aromatic carbocycles. The number of rotatable bonds is 6. The number of pyridine rings is 1. The predicted molar refractivity (Wildman–Crippen MR) is 103 cm³/mol. The number of aryl methyl sites for hydroxylation is 2. The van der Waals surface area contributed by atoms with Crippen molar-refractivity contribution in [3.05, 3.63) is 59.7 Å². The SMILES string of the molecule is Cc1ccc(F)c(NC(=O)C[C@@H]2COCCN2C(=O)CCc2cccnc2)c1. The number of morpholine rings is 1. The Balaban J connectivity index is 1.58. The number of carbonyl (C=O) groups is 2. The van der Waals surface area contributed by atoms with Crippen LogP contribution in [0.2, 0.25) is 0 Å². The van der Waals surface area contributed by atoms with Crippen molar-refractivity contribution in [3.8, 4) is 0 Å². The number of hydrogen-bond donors (Lipinski definition) is 1. The first-order chi connectivity index (χ1) is 13.5. The third-order valence-corrected chi connectivity index (χ3v) is 4.72. The molecular formula is C21H24FN3O3. The van der Waals surface area contributed by atoms with Gasteiger partial charge in [0.05, 0.1) is 24.9 Å². The van der Waals surface area contributed by atoms with Crippen LogP contribution >= 0.6 is 0 Å². The summed E-state index contributed by atoms with van der Waals surface area (Å²) in [4.78, 5) is 30.8. The minimum Gasteiger partial charge on any atom is -0.377 e. The summed E-state index contributed by atoms with van der Waals surface area (Å²) < 4.78 is 19.3. The lowest BCUT2D eigenvalue weighted by Crippen LogP contribution is -2.50. The van der Waals surface area contributed by atoms with Crippen molar-refractivity contribution in [3.63, 3.8) is 0 Å². The fourth-order valence-corrected chi connectivity index (χ4v) is 3.24. The number of halogens is 1. The highest BCUT2D eigenvalue weighted by Crippen LogP contribution is 2.18. The van der Waals surface area contributed by atoms with E-state index in [4.69, 9.17) is 4.74 Å². The van der Waals surface area contributed by atoms with Gasteiger partial charge in [-0.3, -0.25) is 14.6 Å². The number of amides is 2. The van der Waals surface area contributed by atoms with Crippen molar-refractivity contribution in [1.82, 2.24) is 9.88 Å². The zero-order valence-electron chi connectivity index (χ0n) is 15.9. The molecule has 0 radical (unpaired) electrons. The van der Waals surface area contributed by atoms with Crippen LogP contribution < -0.4 is 5.32 Å². The van der Waals surface area contributed by atoms with Crippen molar-refractivity contribution in [2.45, 2.75) is 32.2 Å². The largest absolute Gasteiger partial charge is 0.377 e. The molecule has 1 fully saturated rings. The summed E-state index contributed by atoms with van der Waals surface area (Å²) in [6, 6.07) is 7.96. The summed E-state index contributed by atoms with van der Waals surface area (Å²) in [6.07, 6.45) is 4.44. The smallest absolute Gasteiger partial charge is 0.226 e. The van der Waals surface area contributed by atoms with E-state index in [9.17, 15) is 14.0 Å². The van der Waals surface area contributed by atoms with Gasteiger partial charge in [-0.2, -0.15) is 0 Å². The molecule has 0 bridgehead atoms. The van der Waals surface area contributed by atoms with E-state index in [-0.39, 0.29) is 30.0 Å². The Morgan fingerprint density at radius 3 is 3.00 bits per heavy atom. The summed E-state index contributed by atoms with van der Waals surface area (Å²) in [5.74, 6) is -0.847. The predicted octanol–water partition coefficient (Wildman–Crippen LogP) is 2.72. The molecule has 7 heteroatoms. The average Bonchev–Trinajstić information content (AvgIpc) is 2.70. The Hall–Kier alpha value is -2.80. The molecule has 0 spiro atoms. The van der Waals surface area contributed by atoms with Gasteiger partial charge in [-0.15, -0.1) is 0 Å². The molecule has 3 rings (SSSR count). The Bertz CT molecular complexity index is 829. The van der Waals surface area contributed by atoms with E-state index in [1.165, 1.54) is 6.07 Å². The first-order valence-corrected chi connectivity index (χ1v) is 9.35. The summed E-state index contributed by atoms with van der Waals surface area (Å²) in [5.41, 5.74) is 1.99. The van der Waals surface area contributed by atoms with Crippen LogP contribution in [0.1, 0.15) is 24.0 Å². The Kier molecular flexibility index (Phi) is 6.71. The maximum absolute atomic E-state index is 13.9. The van der Waals surface area contributed by atoms with E-state index in [2.05, 4.69) is 10.3 Å². The van der Waals surface area contributed by atoms with E-state index < -0.39 is 5.82 Å². The normalized spacial score (nSPS) is 16.6. The van der Waals surface area contributed by atoms with Crippen LogP contribution in [0.5, 0.6) is 0 Å². The molecule has 0 saturated carbocycles. The zero-order valence-corrected chi connectivity index (χ0v) is 15.9. The van der Waals surface area contributed by atoms with Crippen LogP contribution in [0, 0.1) is 12.7 Å². The lowest BCUT2D eigenvalue weighted by molar-refractivity contribution is -0.141. The number of aromatic nitrogens is 1. The Morgan fingerprint density at radius 2 is 2.21 bits per heavy atom. The third-order valence-electron chi connectivity index (χ3n) is 4.72. The number of benzene rings is 1. The number of nitrogens with one attached hydrogen (secondary N) is 1. The fraction of sp³-hybridized carbons (Fsp3) is 0.381. The van der Waals surface area contributed by atoms with Crippen LogP contribution in [0.25, 0.3) is 0 Å². The quantitative estimate of drug-likeness (QED) is 0.830. The summed E-state index contributed by atoms with van der Waals surface area (Å²) in [6.45, 7) is 3.01. The van der Waals surface area contributed by atoms with E-state index in [1.807, 2.05) is 19.1 Å². The molecule has 0 aliphatic carbocycles. The monoisotopic (exact) mass is 385 g/mol. The average molecular weight is 385 g/mol. The Morgan fingerprint density at radius 1 is 1.36 bits per heavy atom. The topological polar surface area (TPSA) is 71.5 Å². The van der Waals surface area contributed by atoms with Crippen molar-refractivity contribution in [1.29, 1.82) is 0 Å². The molecule has 1 N–H and O–H groups in total. The van der Waals surface area contributed by atoms with Crippen LogP contribution in [-0.2, 0) is 20.7 Å². The number of nitrogens with zero attached hydrogens (tertiary/aromatic N) is 2. The maximum atomic E-state index is 13.9. The van der Waals surface area contributed by atoms with E-state index in [0.29, 0.717) is 32.6 Å². The molecule has 1 aromatic heterocycles. The second-order valence-electron chi connectivity index (χ2n) is 6.91. The molecule has 148 valence electrons. The van der Waals surface area contributed by atoms with Crippen LogP contribution in [0.3, 0.4) is 0 Å². The molecule has 0 unspecified atom stereocenters. The summed E-state index contributed by atoms with van der Waals surface area (Å²) in [5, 5.41) is 2.60. The highest BCUT2D eigenvalue weighted by Gasteiger charge is 2.29. The molecule has 6 nitrogen and oxygen atoms in total. The minimum absolute atomic E-state index is 0.0216. The molecule has 1 atom stereocenters. The fourth-order valence-electron chi connectivity index (χ4n) is 3.24. The van der Waals surface area contributed by atoms with Gasteiger partial charge >= 0.3 is 0 Å². The standard InChI is InChI=1S/C21H24FN3O3/c1-15-4-6-18(22)19(11-15)24-20(26)12-17-14-28-10-9-25(17)21(27)7-5-16-3-2-8-23-13-16/h2-4,6,8,11,13,17H,5,7,9-10,12,14H2,1H3,(H,24,26)/t17-/m1/s1. The molecule has 2 heterocycles. The van der Waals surface area contributed by atoms with E-state index in [0.717, 1.165) is 11.1 Å². The van der Waals surface area contributed by atoms with Crippen molar-refractivity contribution in [2.75, 3.05) is 25.1 Å². The number of anilines is 1. The molecule has 1 saturated heterocycles. The van der Waals surface area contributed by atoms with Crippen molar-refractivity contribution < 1.29 is 18.7 Å². The van der Waals surface area contributed by atoms with Crippen molar-refractivity contribution >= 4 is 17.5 Å². The first-order valence-electron chi connectivity index (χ1n) is 9.35. The highest BCUT2D eigenvalue weighted by molar-refractivity contribution is 5.91. The molecule has 1 aliphatic heterocycles. The number of hydrogen-bond acceptors (Lipinski definition) is 4. The molecular weight excluding hydrogens is 361 g/mol. The minimum atomic E-state index is -0.483. The number of ether oxygens (including phenoxy) is 1. The second kappa shape index (κ2) is 9.41. The number of carbonyl (C=O) groups excluding carboxylic acids is 2. The Labute approximate surface area is 163 Å².